The van der Waals surface area contributed by atoms with Gasteiger partial charge in [0.2, 0.25) is 0 Å². The van der Waals surface area contributed by atoms with Crippen molar-refractivity contribution < 1.29 is 9.18 Å². The lowest BCUT2D eigenvalue weighted by molar-refractivity contribution is 0.0941. The van der Waals surface area contributed by atoms with E-state index in [0.29, 0.717) is 29.5 Å². The molecule has 1 saturated carbocycles. The lowest BCUT2D eigenvalue weighted by atomic mass is 9.91. The molecule has 0 saturated heterocycles. The van der Waals surface area contributed by atoms with E-state index in [1.54, 1.807) is 12.1 Å². The van der Waals surface area contributed by atoms with Crippen molar-refractivity contribution in [2.45, 2.75) is 38.5 Å². The number of rotatable bonds is 5. The maximum atomic E-state index is 14.6. The largest absolute Gasteiger partial charge is 0.351 e. The van der Waals surface area contributed by atoms with Gasteiger partial charge in [-0.05, 0) is 73.2 Å². The highest BCUT2D eigenvalue weighted by atomic mass is 19.1. The predicted octanol–water partition coefficient (Wildman–Crippen LogP) is 5.24. The van der Waals surface area contributed by atoms with E-state index in [1.165, 1.54) is 19.0 Å². The van der Waals surface area contributed by atoms with Crippen molar-refractivity contribution in [3.8, 4) is 17.1 Å². The highest BCUT2D eigenvalue weighted by molar-refractivity contribution is 5.97. The second-order valence-electron chi connectivity index (χ2n) is 9.41. The quantitative estimate of drug-likeness (QED) is 0.418. The second-order valence-corrected chi connectivity index (χ2v) is 9.41. The summed E-state index contributed by atoms with van der Waals surface area (Å²) in [6.07, 6.45) is 7.56. The fourth-order valence-electron chi connectivity index (χ4n) is 4.58. The third-order valence-electron chi connectivity index (χ3n) is 6.73. The van der Waals surface area contributed by atoms with Crippen molar-refractivity contribution >= 4 is 17.4 Å². The van der Waals surface area contributed by atoms with Crippen molar-refractivity contribution in [3.63, 3.8) is 0 Å². The molecule has 2 N–H and O–H groups in total. The third kappa shape index (κ3) is 4.05. The average molecular weight is 469 g/mol. The smallest absolute Gasteiger partial charge is 0.251 e. The van der Waals surface area contributed by atoms with Crippen LogP contribution in [0.1, 0.15) is 58.8 Å². The van der Waals surface area contributed by atoms with Gasteiger partial charge in [0.05, 0.1) is 18.2 Å². The van der Waals surface area contributed by atoms with Gasteiger partial charge in [0.15, 0.2) is 17.5 Å². The zero-order valence-electron chi connectivity index (χ0n) is 19.5. The van der Waals surface area contributed by atoms with E-state index in [9.17, 15) is 9.18 Å². The molecule has 6 rings (SSSR count). The van der Waals surface area contributed by atoms with E-state index in [-0.39, 0.29) is 17.6 Å². The summed E-state index contributed by atoms with van der Waals surface area (Å²) in [5, 5.41) is 5.94. The van der Waals surface area contributed by atoms with Crippen LogP contribution in [0.4, 0.5) is 15.9 Å². The zero-order valence-corrected chi connectivity index (χ0v) is 19.5. The van der Waals surface area contributed by atoms with E-state index >= 15 is 0 Å². The minimum atomic E-state index is -0.545. The Balaban J connectivity index is 1.28. The van der Waals surface area contributed by atoms with Crippen molar-refractivity contribution in [2.24, 2.45) is 0 Å². The van der Waals surface area contributed by atoms with Crippen molar-refractivity contribution in [2.75, 3.05) is 11.9 Å². The van der Waals surface area contributed by atoms with Crippen molar-refractivity contribution in [1.82, 2.24) is 24.8 Å². The van der Waals surface area contributed by atoms with Crippen molar-refractivity contribution in [3.05, 3.63) is 83.3 Å². The molecule has 2 aromatic heterocycles. The minimum absolute atomic E-state index is 0.0848. The van der Waals surface area contributed by atoms with Gasteiger partial charge in [0.25, 0.3) is 5.91 Å². The Labute approximate surface area is 202 Å². The van der Waals surface area contributed by atoms with Crippen LogP contribution in [0.5, 0.6) is 0 Å². The summed E-state index contributed by atoms with van der Waals surface area (Å²) in [6, 6.07) is 11.4. The standard InChI is InChI=1S/C27H25FN6O/c1-15-9-18(5-8-24(15)34-13-23(31-14-34)17-3-4-17)25-29-12-22(28)26(33-25)32-19-6-7-20-21(10-19)16(2)11-30-27(20)35/h5-10,12-14,16-17H,3-4,11H2,1-2H3,(H,30,35)(H,29,32,33)/t16-/m1/s1. The van der Waals surface area contributed by atoms with E-state index in [2.05, 4.69) is 31.8 Å². The molecule has 8 heteroatoms. The summed E-state index contributed by atoms with van der Waals surface area (Å²) >= 11 is 0. The van der Waals surface area contributed by atoms with E-state index in [4.69, 9.17) is 0 Å². The Kier molecular flexibility index (Phi) is 5.09. The molecule has 1 aliphatic heterocycles. The molecule has 0 bridgehead atoms. The number of hydrogen-bond donors (Lipinski definition) is 2. The Morgan fingerprint density at radius 3 is 2.80 bits per heavy atom. The molecular formula is C27H25FN6O. The van der Waals surface area contributed by atoms with Crippen LogP contribution >= 0.6 is 0 Å². The molecule has 1 aliphatic carbocycles. The first-order valence-electron chi connectivity index (χ1n) is 11.8. The van der Waals surface area contributed by atoms with Crippen LogP contribution in [0, 0.1) is 12.7 Å². The monoisotopic (exact) mass is 468 g/mol. The number of aromatic nitrogens is 4. The van der Waals surface area contributed by atoms with Gasteiger partial charge in [-0.1, -0.05) is 6.92 Å². The number of carbonyl (C=O) groups excluding carboxylic acids is 1. The molecule has 35 heavy (non-hydrogen) atoms. The van der Waals surface area contributed by atoms with E-state index in [0.717, 1.165) is 28.1 Å². The molecule has 3 heterocycles. The number of imidazole rings is 1. The van der Waals surface area contributed by atoms with Crippen LogP contribution in [0.3, 0.4) is 0 Å². The summed E-state index contributed by atoms with van der Waals surface area (Å²) in [6.45, 7) is 4.66. The molecule has 1 amide bonds. The van der Waals surface area contributed by atoms with E-state index in [1.807, 2.05) is 49.0 Å². The van der Waals surface area contributed by atoms with Crippen LogP contribution in [0.15, 0.2) is 55.1 Å². The number of halogens is 1. The summed E-state index contributed by atoms with van der Waals surface area (Å²) in [4.78, 5) is 25.3. The number of anilines is 2. The van der Waals surface area contributed by atoms with Gasteiger partial charge in [-0.3, -0.25) is 4.79 Å². The number of fused-ring (bicyclic) bond motifs is 1. The van der Waals surface area contributed by atoms with Crippen LogP contribution in [0.25, 0.3) is 17.1 Å². The minimum Gasteiger partial charge on any atom is -0.351 e. The first-order chi connectivity index (χ1) is 17.0. The van der Waals surface area contributed by atoms with Gasteiger partial charge in [0, 0.05) is 41.2 Å². The maximum Gasteiger partial charge on any atom is 0.251 e. The zero-order chi connectivity index (χ0) is 24.1. The number of carbonyl (C=O) groups is 1. The average Bonchev–Trinajstić information content (AvgIpc) is 3.60. The van der Waals surface area contributed by atoms with Crippen molar-refractivity contribution in [1.29, 1.82) is 0 Å². The summed E-state index contributed by atoms with van der Waals surface area (Å²) < 4.78 is 16.7. The first kappa shape index (κ1) is 21.5. The number of nitrogens with zero attached hydrogens (tertiary/aromatic N) is 4. The normalized spacial score (nSPS) is 17.1. The third-order valence-corrected chi connectivity index (χ3v) is 6.73. The Bertz CT molecular complexity index is 1460. The maximum absolute atomic E-state index is 14.6. The SMILES string of the molecule is Cc1cc(-c2ncc(F)c(Nc3ccc4c(c3)[C@H](C)CNC4=O)n2)ccc1-n1cnc(C2CC2)c1. The number of nitrogens with one attached hydrogen (secondary N) is 2. The summed E-state index contributed by atoms with van der Waals surface area (Å²) in [5.41, 5.74) is 6.29. The predicted molar refractivity (Wildman–Crippen MR) is 132 cm³/mol. The fraction of sp³-hybridized carbons (Fsp3) is 0.259. The van der Waals surface area contributed by atoms with Crippen LogP contribution < -0.4 is 10.6 Å². The molecule has 1 fully saturated rings. The van der Waals surface area contributed by atoms with Crippen LogP contribution in [0.2, 0.25) is 0 Å². The van der Waals surface area contributed by atoms with Gasteiger partial charge in [0.1, 0.15) is 0 Å². The molecule has 0 spiro atoms. The number of aryl methyl sites for hydroxylation is 1. The molecule has 4 aromatic rings. The highest BCUT2D eigenvalue weighted by Crippen LogP contribution is 2.39. The lowest BCUT2D eigenvalue weighted by Gasteiger charge is -2.23. The van der Waals surface area contributed by atoms with Crippen LogP contribution in [-0.4, -0.2) is 32.0 Å². The molecule has 0 radical (unpaired) electrons. The molecule has 1 atom stereocenters. The highest BCUT2D eigenvalue weighted by Gasteiger charge is 2.26. The summed E-state index contributed by atoms with van der Waals surface area (Å²) in [5.74, 6) is 0.666. The molecule has 176 valence electrons. The van der Waals surface area contributed by atoms with Gasteiger partial charge in [-0.15, -0.1) is 0 Å². The second kappa shape index (κ2) is 8.30. The molecule has 7 nitrogen and oxygen atoms in total. The van der Waals surface area contributed by atoms with Gasteiger partial charge < -0.3 is 15.2 Å². The summed E-state index contributed by atoms with van der Waals surface area (Å²) in [7, 11) is 0. The molecule has 2 aromatic carbocycles. The molecule has 0 unspecified atom stereocenters. The number of benzene rings is 2. The van der Waals surface area contributed by atoms with Crippen LogP contribution in [-0.2, 0) is 0 Å². The Hall–Kier alpha value is -4.07. The first-order valence-corrected chi connectivity index (χ1v) is 11.8. The Morgan fingerprint density at radius 2 is 2.00 bits per heavy atom. The topological polar surface area (TPSA) is 84.7 Å². The number of hydrogen-bond acceptors (Lipinski definition) is 5. The fourth-order valence-corrected chi connectivity index (χ4v) is 4.58. The van der Waals surface area contributed by atoms with Gasteiger partial charge >= 0.3 is 0 Å². The molecular weight excluding hydrogens is 443 g/mol. The lowest BCUT2D eigenvalue weighted by Crippen LogP contribution is -2.33. The number of amides is 1. The Morgan fingerprint density at radius 1 is 1.14 bits per heavy atom. The van der Waals surface area contributed by atoms with E-state index < -0.39 is 5.82 Å². The van der Waals surface area contributed by atoms with Gasteiger partial charge in [-0.25, -0.2) is 19.3 Å². The molecule has 2 aliphatic rings. The van der Waals surface area contributed by atoms with Gasteiger partial charge in [-0.2, -0.15) is 0 Å².